The molecule has 1 unspecified atom stereocenters. The zero-order valence-electron chi connectivity index (χ0n) is 12.2. The number of hydrogen-bond donors (Lipinski definition) is 2. The SMILES string of the molecule is Cc1ccc(CC(=O)NC2CCc3cc(N)ccc32)cc1. The first-order chi connectivity index (χ1) is 10.1. The predicted octanol–water partition coefficient (Wildman–Crippen LogP) is 2.92. The van der Waals surface area contributed by atoms with E-state index in [4.69, 9.17) is 5.73 Å². The van der Waals surface area contributed by atoms with Gasteiger partial charge in [0, 0.05) is 5.69 Å². The number of carbonyl (C=O) groups is 1. The van der Waals surface area contributed by atoms with E-state index in [1.54, 1.807) is 0 Å². The first-order valence-electron chi connectivity index (χ1n) is 7.35. The van der Waals surface area contributed by atoms with Gasteiger partial charge >= 0.3 is 0 Å². The van der Waals surface area contributed by atoms with E-state index in [9.17, 15) is 4.79 Å². The average Bonchev–Trinajstić information content (AvgIpc) is 2.83. The lowest BCUT2D eigenvalue weighted by atomic mass is 10.1. The van der Waals surface area contributed by atoms with Crippen molar-refractivity contribution in [3.8, 4) is 0 Å². The van der Waals surface area contributed by atoms with Crippen LogP contribution in [0.5, 0.6) is 0 Å². The third-order valence-electron chi connectivity index (χ3n) is 4.07. The molecule has 0 fully saturated rings. The van der Waals surface area contributed by atoms with Gasteiger partial charge in [0.1, 0.15) is 0 Å². The van der Waals surface area contributed by atoms with Crippen molar-refractivity contribution >= 4 is 11.6 Å². The van der Waals surface area contributed by atoms with Crippen LogP contribution in [-0.4, -0.2) is 5.91 Å². The number of nitrogens with one attached hydrogen (secondary N) is 1. The van der Waals surface area contributed by atoms with Crippen LogP contribution < -0.4 is 11.1 Å². The summed E-state index contributed by atoms with van der Waals surface area (Å²) >= 11 is 0. The molecule has 3 N–H and O–H groups in total. The molecule has 0 heterocycles. The Balaban J connectivity index is 1.65. The number of benzene rings is 2. The Hall–Kier alpha value is -2.29. The largest absolute Gasteiger partial charge is 0.399 e. The highest BCUT2D eigenvalue weighted by molar-refractivity contribution is 5.79. The number of amides is 1. The van der Waals surface area contributed by atoms with Crippen LogP contribution in [0.15, 0.2) is 42.5 Å². The molecule has 0 aromatic heterocycles. The van der Waals surface area contributed by atoms with Gasteiger partial charge in [-0.25, -0.2) is 0 Å². The summed E-state index contributed by atoms with van der Waals surface area (Å²) in [6.07, 6.45) is 2.37. The fraction of sp³-hybridized carbons (Fsp3) is 0.278. The Morgan fingerprint density at radius 1 is 1.24 bits per heavy atom. The summed E-state index contributed by atoms with van der Waals surface area (Å²) in [4.78, 5) is 12.2. The van der Waals surface area contributed by atoms with Gasteiger partial charge in [-0.2, -0.15) is 0 Å². The topological polar surface area (TPSA) is 55.1 Å². The van der Waals surface area contributed by atoms with E-state index in [2.05, 4.69) is 5.32 Å². The average molecular weight is 280 g/mol. The summed E-state index contributed by atoms with van der Waals surface area (Å²) < 4.78 is 0. The van der Waals surface area contributed by atoms with Crippen LogP contribution in [0.4, 0.5) is 5.69 Å². The molecule has 1 aliphatic carbocycles. The molecule has 3 heteroatoms. The molecule has 0 saturated carbocycles. The van der Waals surface area contributed by atoms with E-state index in [1.165, 1.54) is 16.7 Å². The molecular formula is C18H20N2O. The van der Waals surface area contributed by atoms with Crippen LogP contribution in [0.1, 0.15) is 34.7 Å². The summed E-state index contributed by atoms with van der Waals surface area (Å²) in [6, 6.07) is 14.2. The minimum atomic E-state index is 0.0773. The van der Waals surface area contributed by atoms with Gasteiger partial charge in [0.2, 0.25) is 5.91 Å². The van der Waals surface area contributed by atoms with Crippen molar-refractivity contribution in [2.75, 3.05) is 5.73 Å². The fourth-order valence-electron chi connectivity index (χ4n) is 2.92. The normalized spacial score (nSPS) is 16.5. The van der Waals surface area contributed by atoms with Gasteiger partial charge in [-0.05, 0) is 48.6 Å². The summed E-state index contributed by atoms with van der Waals surface area (Å²) in [5, 5.41) is 3.14. The maximum Gasteiger partial charge on any atom is 0.224 e. The molecule has 108 valence electrons. The standard InChI is InChI=1S/C18H20N2O/c1-12-2-4-13(5-3-12)10-18(21)20-17-9-6-14-11-15(19)7-8-16(14)17/h2-5,7-8,11,17H,6,9-10,19H2,1H3,(H,20,21). The number of nitrogen functional groups attached to an aromatic ring is 1. The second kappa shape index (κ2) is 5.60. The molecule has 1 atom stereocenters. The molecule has 21 heavy (non-hydrogen) atoms. The van der Waals surface area contributed by atoms with E-state index in [0.29, 0.717) is 6.42 Å². The first-order valence-corrected chi connectivity index (χ1v) is 7.35. The van der Waals surface area contributed by atoms with Crippen LogP contribution in [0.25, 0.3) is 0 Å². The highest BCUT2D eigenvalue weighted by atomic mass is 16.1. The number of aryl methyl sites for hydroxylation is 2. The minimum Gasteiger partial charge on any atom is -0.399 e. The summed E-state index contributed by atoms with van der Waals surface area (Å²) in [6.45, 7) is 2.05. The molecule has 0 bridgehead atoms. The van der Waals surface area contributed by atoms with Crippen molar-refractivity contribution in [3.63, 3.8) is 0 Å². The summed E-state index contributed by atoms with van der Waals surface area (Å²) in [5.74, 6) is 0.0773. The summed E-state index contributed by atoms with van der Waals surface area (Å²) in [7, 11) is 0. The number of fused-ring (bicyclic) bond motifs is 1. The number of carbonyl (C=O) groups excluding carboxylic acids is 1. The predicted molar refractivity (Wildman–Crippen MR) is 84.9 cm³/mol. The van der Waals surface area contributed by atoms with Crippen LogP contribution in [0.3, 0.4) is 0 Å². The Bertz CT molecular complexity index is 661. The minimum absolute atomic E-state index is 0.0773. The van der Waals surface area contributed by atoms with Gasteiger partial charge in [0.05, 0.1) is 12.5 Å². The monoisotopic (exact) mass is 280 g/mol. The third kappa shape index (κ3) is 3.07. The zero-order chi connectivity index (χ0) is 14.8. The molecule has 1 amide bonds. The van der Waals surface area contributed by atoms with Crippen molar-refractivity contribution in [2.45, 2.75) is 32.2 Å². The molecule has 0 radical (unpaired) electrons. The van der Waals surface area contributed by atoms with Crippen molar-refractivity contribution in [3.05, 3.63) is 64.7 Å². The summed E-state index contributed by atoms with van der Waals surface area (Å²) in [5.41, 5.74) is 11.3. The lowest BCUT2D eigenvalue weighted by molar-refractivity contribution is -0.121. The maximum atomic E-state index is 12.2. The maximum absolute atomic E-state index is 12.2. The highest BCUT2D eigenvalue weighted by Crippen LogP contribution is 2.32. The highest BCUT2D eigenvalue weighted by Gasteiger charge is 2.23. The molecule has 3 rings (SSSR count). The van der Waals surface area contributed by atoms with Gasteiger partial charge in [-0.3, -0.25) is 4.79 Å². The molecule has 0 spiro atoms. The molecule has 3 nitrogen and oxygen atoms in total. The Morgan fingerprint density at radius 3 is 2.76 bits per heavy atom. The van der Waals surface area contributed by atoms with E-state index in [1.807, 2.05) is 49.4 Å². The van der Waals surface area contributed by atoms with E-state index in [0.717, 1.165) is 24.1 Å². The third-order valence-corrected chi connectivity index (χ3v) is 4.07. The van der Waals surface area contributed by atoms with Crippen LogP contribution in [0.2, 0.25) is 0 Å². The van der Waals surface area contributed by atoms with Crippen LogP contribution in [-0.2, 0) is 17.6 Å². The first kappa shape index (κ1) is 13.7. The lowest BCUT2D eigenvalue weighted by Crippen LogP contribution is -2.28. The fourth-order valence-corrected chi connectivity index (χ4v) is 2.92. The Labute approximate surface area is 125 Å². The molecule has 2 aromatic rings. The van der Waals surface area contributed by atoms with Crippen molar-refractivity contribution in [1.82, 2.24) is 5.32 Å². The second-order valence-corrected chi connectivity index (χ2v) is 5.78. The number of anilines is 1. The van der Waals surface area contributed by atoms with Gasteiger partial charge < -0.3 is 11.1 Å². The molecule has 0 saturated heterocycles. The van der Waals surface area contributed by atoms with Gasteiger partial charge in [0.15, 0.2) is 0 Å². The molecular weight excluding hydrogens is 260 g/mol. The molecule has 1 aliphatic rings. The van der Waals surface area contributed by atoms with Crippen LogP contribution >= 0.6 is 0 Å². The van der Waals surface area contributed by atoms with Crippen molar-refractivity contribution in [2.24, 2.45) is 0 Å². The second-order valence-electron chi connectivity index (χ2n) is 5.78. The van der Waals surface area contributed by atoms with E-state index < -0.39 is 0 Å². The van der Waals surface area contributed by atoms with Gasteiger partial charge in [0.25, 0.3) is 0 Å². The quantitative estimate of drug-likeness (QED) is 0.849. The van der Waals surface area contributed by atoms with E-state index in [-0.39, 0.29) is 11.9 Å². The number of rotatable bonds is 3. The van der Waals surface area contributed by atoms with Crippen molar-refractivity contribution in [1.29, 1.82) is 0 Å². The number of hydrogen-bond acceptors (Lipinski definition) is 2. The Kier molecular flexibility index (Phi) is 3.65. The van der Waals surface area contributed by atoms with Crippen molar-refractivity contribution < 1.29 is 4.79 Å². The number of nitrogens with two attached hydrogens (primary N) is 1. The smallest absolute Gasteiger partial charge is 0.224 e. The zero-order valence-corrected chi connectivity index (χ0v) is 12.2. The molecule has 2 aromatic carbocycles. The van der Waals surface area contributed by atoms with Gasteiger partial charge in [-0.15, -0.1) is 0 Å². The Morgan fingerprint density at radius 2 is 2.00 bits per heavy atom. The lowest BCUT2D eigenvalue weighted by Gasteiger charge is -2.14. The van der Waals surface area contributed by atoms with E-state index >= 15 is 0 Å². The van der Waals surface area contributed by atoms with Crippen LogP contribution in [0, 0.1) is 6.92 Å². The van der Waals surface area contributed by atoms with Gasteiger partial charge in [-0.1, -0.05) is 35.9 Å². The molecule has 0 aliphatic heterocycles.